The van der Waals surface area contributed by atoms with Crippen LogP contribution in [0.15, 0.2) is 57.7 Å². The van der Waals surface area contributed by atoms with Crippen molar-refractivity contribution in [3.63, 3.8) is 0 Å². The monoisotopic (exact) mass is 379 g/mol. The minimum absolute atomic E-state index is 0.0652. The Morgan fingerprint density at radius 3 is 2.79 bits per heavy atom. The molecule has 1 aliphatic rings. The Kier molecular flexibility index (Phi) is 4.65. The number of amides is 1. The van der Waals surface area contributed by atoms with Crippen molar-refractivity contribution in [1.82, 2.24) is 5.32 Å². The first-order chi connectivity index (χ1) is 13.5. The van der Waals surface area contributed by atoms with Crippen LogP contribution in [-0.2, 0) is 12.8 Å². The number of nitrogens with one attached hydrogen (secondary N) is 1. The van der Waals surface area contributed by atoms with Crippen LogP contribution in [0.3, 0.4) is 0 Å². The predicted molar refractivity (Wildman–Crippen MR) is 105 cm³/mol. The number of carbonyl (C=O) groups is 1. The SMILES string of the molecule is COc1cccc2cc(C(=O)NCC3(O)CCc4ccccc4C3)c(=O)oc12. The number of rotatable bonds is 4. The van der Waals surface area contributed by atoms with E-state index in [1.165, 1.54) is 18.7 Å². The van der Waals surface area contributed by atoms with E-state index in [-0.39, 0.29) is 12.1 Å². The van der Waals surface area contributed by atoms with Crippen molar-refractivity contribution in [3.05, 3.63) is 75.6 Å². The number of benzene rings is 2. The summed E-state index contributed by atoms with van der Waals surface area (Å²) < 4.78 is 10.5. The van der Waals surface area contributed by atoms with Crippen LogP contribution in [0.2, 0.25) is 0 Å². The Balaban J connectivity index is 1.53. The van der Waals surface area contributed by atoms with E-state index in [2.05, 4.69) is 11.4 Å². The van der Waals surface area contributed by atoms with Crippen LogP contribution in [0.25, 0.3) is 11.0 Å². The first-order valence-electron chi connectivity index (χ1n) is 9.17. The van der Waals surface area contributed by atoms with Crippen LogP contribution in [0.1, 0.15) is 27.9 Å². The smallest absolute Gasteiger partial charge is 0.349 e. The van der Waals surface area contributed by atoms with E-state index < -0.39 is 17.1 Å². The van der Waals surface area contributed by atoms with Gasteiger partial charge in [0.05, 0.1) is 12.7 Å². The van der Waals surface area contributed by atoms with Crippen molar-refractivity contribution >= 4 is 16.9 Å². The fourth-order valence-corrected chi connectivity index (χ4v) is 3.71. The quantitative estimate of drug-likeness (QED) is 0.680. The van der Waals surface area contributed by atoms with Gasteiger partial charge >= 0.3 is 5.63 Å². The molecule has 4 rings (SSSR count). The Hall–Kier alpha value is -3.12. The molecule has 1 aliphatic carbocycles. The molecule has 6 nitrogen and oxygen atoms in total. The minimum Gasteiger partial charge on any atom is -0.493 e. The molecule has 0 spiro atoms. The standard InChI is InChI=1S/C22H21NO5/c1-27-18-8-4-7-15-11-17(21(25)28-19(15)18)20(24)23-13-22(26)10-9-14-5-2-3-6-16(14)12-22/h2-8,11,26H,9-10,12-13H2,1H3,(H,23,24). The van der Waals surface area contributed by atoms with Crippen LogP contribution in [0, 0.1) is 0 Å². The maximum atomic E-state index is 12.6. The first kappa shape index (κ1) is 18.3. The van der Waals surface area contributed by atoms with Gasteiger partial charge in [-0.25, -0.2) is 4.79 Å². The second kappa shape index (κ2) is 7.13. The topological polar surface area (TPSA) is 88.8 Å². The lowest BCUT2D eigenvalue weighted by atomic mass is 9.80. The van der Waals surface area contributed by atoms with Crippen molar-refractivity contribution < 1.29 is 19.1 Å². The van der Waals surface area contributed by atoms with Crippen molar-refractivity contribution in [2.45, 2.75) is 24.9 Å². The van der Waals surface area contributed by atoms with Crippen molar-refractivity contribution in [2.75, 3.05) is 13.7 Å². The molecular weight excluding hydrogens is 358 g/mol. The van der Waals surface area contributed by atoms with E-state index in [9.17, 15) is 14.7 Å². The summed E-state index contributed by atoms with van der Waals surface area (Å²) in [6, 6.07) is 14.6. The highest BCUT2D eigenvalue weighted by Gasteiger charge is 2.32. The van der Waals surface area contributed by atoms with Gasteiger partial charge in [0.2, 0.25) is 0 Å². The highest BCUT2D eigenvalue weighted by Crippen LogP contribution is 2.28. The number of hydrogen-bond donors (Lipinski definition) is 2. The highest BCUT2D eigenvalue weighted by molar-refractivity contribution is 5.97. The first-order valence-corrected chi connectivity index (χ1v) is 9.17. The molecule has 2 N–H and O–H groups in total. The molecule has 0 radical (unpaired) electrons. The molecule has 0 saturated heterocycles. The van der Waals surface area contributed by atoms with E-state index in [1.807, 2.05) is 18.2 Å². The zero-order chi connectivity index (χ0) is 19.7. The molecule has 0 saturated carbocycles. The van der Waals surface area contributed by atoms with Crippen LogP contribution in [-0.4, -0.2) is 30.3 Å². The number of ether oxygens (including phenoxy) is 1. The van der Waals surface area contributed by atoms with Crippen molar-refractivity contribution in [3.8, 4) is 5.75 Å². The molecule has 2 aromatic carbocycles. The summed E-state index contributed by atoms with van der Waals surface area (Å²) in [5.41, 5.74) is 0.736. The Bertz CT molecular complexity index is 1100. The van der Waals surface area contributed by atoms with Gasteiger partial charge in [-0.15, -0.1) is 0 Å². The van der Waals surface area contributed by atoms with Crippen LogP contribution >= 0.6 is 0 Å². The average Bonchev–Trinajstić information content (AvgIpc) is 2.71. The number of aryl methyl sites for hydroxylation is 1. The lowest BCUT2D eigenvalue weighted by molar-refractivity contribution is 0.0259. The van der Waals surface area contributed by atoms with Gasteiger partial charge < -0.3 is 19.6 Å². The average molecular weight is 379 g/mol. The third kappa shape index (κ3) is 3.39. The number of methoxy groups -OCH3 is 1. The van der Waals surface area contributed by atoms with Gasteiger partial charge in [-0.05, 0) is 36.1 Å². The lowest BCUT2D eigenvalue weighted by Crippen LogP contribution is -2.47. The molecule has 6 heteroatoms. The highest BCUT2D eigenvalue weighted by atomic mass is 16.5. The second-order valence-electron chi connectivity index (χ2n) is 7.18. The van der Waals surface area contributed by atoms with Gasteiger partial charge in [0.1, 0.15) is 5.56 Å². The summed E-state index contributed by atoms with van der Waals surface area (Å²) in [5.74, 6) is -0.137. The molecule has 3 aromatic rings. The number of carbonyl (C=O) groups excluding carboxylic acids is 1. The number of hydrogen-bond acceptors (Lipinski definition) is 5. The molecular formula is C22H21NO5. The summed E-state index contributed by atoms with van der Waals surface area (Å²) in [7, 11) is 1.48. The van der Waals surface area contributed by atoms with Crippen LogP contribution < -0.4 is 15.7 Å². The fraction of sp³-hybridized carbons (Fsp3) is 0.273. The normalized spacial score (nSPS) is 18.5. The number of aliphatic hydroxyl groups is 1. The van der Waals surface area contributed by atoms with E-state index >= 15 is 0 Å². The molecule has 1 atom stereocenters. The molecule has 1 heterocycles. The fourth-order valence-electron chi connectivity index (χ4n) is 3.71. The molecule has 0 fully saturated rings. The zero-order valence-corrected chi connectivity index (χ0v) is 15.5. The molecule has 0 aliphatic heterocycles. The van der Waals surface area contributed by atoms with Crippen molar-refractivity contribution in [1.29, 1.82) is 0 Å². The molecule has 144 valence electrons. The Morgan fingerprint density at radius 2 is 2.00 bits per heavy atom. The Labute approximate surface area is 161 Å². The Morgan fingerprint density at radius 1 is 1.21 bits per heavy atom. The van der Waals surface area contributed by atoms with E-state index in [4.69, 9.17) is 9.15 Å². The van der Waals surface area contributed by atoms with Gasteiger partial charge in [-0.1, -0.05) is 36.4 Å². The third-order valence-corrected chi connectivity index (χ3v) is 5.26. The van der Waals surface area contributed by atoms with Crippen LogP contribution in [0.4, 0.5) is 0 Å². The summed E-state index contributed by atoms with van der Waals surface area (Å²) in [5, 5.41) is 14.2. The van der Waals surface area contributed by atoms with Gasteiger partial charge in [0.25, 0.3) is 5.91 Å². The largest absolute Gasteiger partial charge is 0.493 e. The van der Waals surface area contributed by atoms with Gasteiger partial charge in [-0.3, -0.25) is 4.79 Å². The maximum Gasteiger partial charge on any atom is 0.349 e. The lowest BCUT2D eigenvalue weighted by Gasteiger charge is -2.33. The van der Waals surface area contributed by atoms with E-state index in [0.717, 1.165) is 12.0 Å². The summed E-state index contributed by atoms with van der Waals surface area (Å²) in [6.07, 6.45) is 1.77. The van der Waals surface area contributed by atoms with Gasteiger partial charge in [0.15, 0.2) is 11.3 Å². The predicted octanol–water partition coefficient (Wildman–Crippen LogP) is 2.45. The van der Waals surface area contributed by atoms with E-state index in [1.54, 1.807) is 18.2 Å². The minimum atomic E-state index is -1.04. The molecule has 1 aromatic heterocycles. The van der Waals surface area contributed by atoms with E-state index in [0.29, 0.717) is 29.6 Å². The van der Waals surface area contributed by atoms with Crippen molar-refractivity contribution in [2.24, 2.45) is 0 Å². The van der Waals surface area contributed by atoms with Gasteiger partial charge in [-0.2, -0.15) is 0 Å². The second-order valence-corrected chi connectivity index (χ2v) is 7.18. The zero-order valence-electron chi connectivity index (χ0n) is 15.5. The molecule has 28 heavy (non-hydrogen) atoms. The van der Waals surface area contributed by atoms with Crippen LogP contribution in [0.5, 0.6) is 5.75 Å². The number of para-hydroxylation sites is 1. The molecule has 1 unspecified atom stereocenters. The molecule has 1 amide bonds. The maximum absolute atomic E-state index is 12.6. The van der Waals surface area contributed by atoms with Gasteiger partial charge in [0, 0.05) is 18.4 Å². The molecule has 0 bridgehead atoms. The summed E-state index contributed by atoms with van der Waals surface area (Å²) in [4.78, 5) is 24.9. The summed E-state index contributed by atoms with van der Waals surface area (Å²) >= 11 is 0. The summed E-state index contributed by atoms with van der Waals surface area (Å²) in [6.45, 7) is 0.0652. The number of fused-ring (bicyclic) bond motifs is 2. The third-order valence-electron chi connectivity index (χ3n) is 5.26.